The number of esters is 4. The van der Waals surface area contributed by atoms with Gasteiger partial charge in [0.15, 0.2) is 11.8 Å². The van der Waals surface area contributed by atoms with Crippen LogP contribution in [0.3, 0.4) is 0 Å². The lowest BCUT2D eigenvalue weighted by atomic mass is 9.99. The van der Waals surface area contributed by atoms with Crippen molar-refractivity contribution in [1.82, 2.24) is 10.6 Å². The molecular weight excluding hydrogens is 765 g/mol. The molecule has 0 saturated heterocycles. The largest absolute Gasteiger partial charge is 0.459 e. The van der Waals surface area contributed by atoms with Crippen LogP contribution in [0.15, 0.2) is 0 Å². The maximum Gasteiger partial charge on any atom is 0.407 e. The fraction of sp³-hybridized carbons (Fsp3) is 0.850. The average molecular weight is 837 g/mol. The van der Waals surface area contributed by atoms with E-state index in [0.717, 1.165) is 0 Å². The molecule has 2 N–H and O–H groups in total. The van der Waals surface area contributed by atoms with E-state index in [4.69, 9.17) is 28.4 Å². The van der Waals surface area contributed by atoms with Crippen molar-refractivity contribution < 1.29 is 57.2 Å². The highest BCUT2D eigenvalue weighted by Gasteiger charge is 2.37. The Hall–Kier alpha value is -2.88. The summed E-state index contributed by atoms with van der Waals surface area (Å²) in [5.74, 6) is -4.74. The highest BCUT2D eigenvalue weighted by molar-refractivity contribution is 8.76. The molecule has 0 aromatic heterocycles. The lowest BCUT2D eigenvalue weighted by Crippen LogP contribution is -2.42. The van der Waals surface area contributed by atoms with Crippen molar-refractivity contribution in [3.8, 4) is 0 Å². The van der Waals surface area contributed by atoms with Crippen LogP contribution in [0.25, 0.3) is 0 Å². The molecule has 0 heterocycles. The molecule has 0 bridgehead atoms. The number of carbonyl (C=O) groups excluding carboxylic acids is 6. The van der Waals surface area contributed by atoms with E-state index in [1.54, 1.807) is 125 Å². The summed E-state index contributed by atoms with van der Waals surface area (Å²) < 4.78 is 33.2. The third kappa shape index (κ3) is 27.7. The van der Waals surface area contributed by atoms with Crippen molar-refractivity contribution >= 4 is 57.7 Å². The van der Waals surface area contributed by atoms with Crippen molar-refractivity contribution in [2.24, 2.45) is 11.8 Å². The molecule has 0 aromatic carbocycles. The smallest absolute Gasteiger partial charge is 0.407 e. The maximum atomic E-state index is 13.2. The predicted octanol–water partition coefficient (Wildman–Crippen LogP) is 8.31. The predicted molar refractivity (Wildman–Crippen MR) is 220 cm³/mol. The molecule has 2 atom stereocenters. The van der Waals surface area contributed by atoms with Gasteiger partial charge in [0.25, 0.3) is 0 Å². The van der Waals surface area contributed by atoms with Crippen LogP contribution in [0.5, 0.6) is 0 Å². The van der Waals surface area contributed by atoms with E-state index in [-0.39, 0.29) is 25.7 Å². The fourth-order valence-corrected chi connectivity index (χ4v) is 7.08. The molecule has 2 unspecified atom stereocenters. The zero-order valence-corrected chi connectivity index (χ0v) is 38.9. The average Bonchev–Trinajstić information content (AvgIpc) is 2.89. The Labute approximate surface area is 343 Å². The lowest BCUT2D eigenvalue weighted by molar-refractivity contribution is -0.177. The topological polar surface area (TPSA) is 182 Å². The molecule has 0 radical (unpaired) electrons. The van der Waals surface area contributed by atoms with Gasteiger partial charge in [-0.3, -0.25) is 19.2 Å². The molecule has 56 heavy (non-hydrogen) atoms. The maximum absolute atomic E-state index is 13.2. The number of hydrogen-bond donors (Lipinski definition) is 2. The summed E-state index contributed by atoms with van der Waals surface area (Å²) in [4.78, 5) is 78.6. The number of alkyl carbamates (subject to hydrolysis) is 2. The third-order valence-electron chi connectivity index (χ3n) is 6.44. The second-order valence-electron chi connectivity index (χ2n) is 19.6. The Morgan fingerprint density at radius 3 is 0.786 bits per heavy atom. The summed E-state index contributed by atoms with van der Waals surface area (Å²) in [6.07, 6.45) is -0.895. The van der Waals surface area contributed by atoms with Gasteiger partial charge in [0, 0.05) is 23.6 Å². The van der Waals surface area contributed by atoms with Crippen LogP contribution in [0.1, 0.15) is 150 Å². The quantitative estimate of drug-likeness (QED) is 0.0469. The van der Waals surface area contributed by atoms with Crippen molar-refractivity contribution in [3.63, 3.8) is 0 Å². The second-order valence-corrected chi connectivity index (χ2v) is 22.2. The summed E-state index contributed by atoms with van der Waals surface area (Å²) in [5, 5.41) is 5.72. The van der Waals surface area contributed by atoms with Gasteiger partial charge in [-0.15, -0.1) is 0 Å². The zero-order valence-electron chi connectivity index (χ0n) is 37.3. The van der Waals surface area contributed by atoms with Crippen molar-refractivity contribution in [2.75, 3.05) is 11.5 Å². The summed E-state index contributed by atoms with van der Waals surface area (Å²) in [6.45, 7) is 30.9. The van der Waals surface area contributed by atoms with Crippen LogP contribution in [-0.4, -0.2) is 93.3 Å². The van der Waals surface area contributed by atoms with Gasteiger partial charge in [-0.2, -0.15) is 0 Å². The summed E-state index contributed by atoms with van der Waals surface area (Å²) in [5.41, 5.74) is -4.93. The molecule has 2 amide bonds. The summed E-state index contributed by atoms with van der Waals surface area (Å²) in [6, 6.07) is -1.12. The van der Waals surface area contributed by atoms with Crippen LogP contribution >= 0.6 is 21.6 Å². The highest BCUT2D eigenvalue weighted by atomic mass is 33.1. The molecular formula is C40H72N2O12S2. The van der Waals surface area contributed by atoms with Crippen LogP contribution in [0.4, 0.5) is 9.59 Å². The molecule has 0 rings (SSSR count). The number of nitrogens with one attached hydrogen (secondary N) is 2. The van der Waals surface area contributed by atoms with E-state index in [2.05, 4.69) is 10.6 Å². The van der Waals surface area contributed by atoms with Gasteiger partial charge in [-0.05, 0) is 150 Å². The second kappa shape index (κ2) is 21.8. The van der Waals surface area contributed by atoms with Gasteiger partial charge in [0.1, 0.15) is 33.6 Å². The first kappa shape index (κ1) is 53.1. The van der Waals surface area contributed by atoms with Crippen LogP contribution in [-0.2, 0) is 47.6 Å². The third-order valence-corrected chi connectivity index (χ3v) is 9.00. The molecule has 0 aromatic rings. The molecule has 0 aliphatic heterocycles. The van der Waals surface area contributed by atoms with E-state index < -0.39 is 93.6 Å². The Balaban J connectivity index is 6.22. The monoisotopic (exact) mass is 836 g/mol. The zero-order chi connectivity index (χ0) is 44.1. The number of amides is 2. The first-order chi connectivity index (χ1) is 25.0. The van der Waals surface area contributed by atoms with Gasteiger partial charge in [-0.25, -0.2) is 9.59 Å². The summed E-state index contributed by atoms with van der Waals surface area (Å²) >= 11 is 0. The molecule has 0 spiro atoms. The first-order valence-corrected chi connectivity index (χ1v) is 21.6. The molecule has 16 heteroatoms. The SMILES string of the molecule is CC(C)(C)OC(=O)NC(CCC(C(=O)OC(C)(C)C)C(=O)OC(C)(C)C)CSSCC(CCC(C(=O)OC(C)(C)C)C(=O)OC(C)(C)C)NC(=O)OC(C)(C)C. The Morgan fingerprint density at radius 1 is 0.375 bits per heavy atom. The molecule has 0 aliphatic rings. The van der Waals surface area contributed by atoms with E-state index >= 15 is 0 Å². The molecule has 326 valence electrons. The minimum Gasteiger partial charge on any atom is -0.459 e. The minimum absolute atomic E-state index is 0.0229. The van der Waals surface area contributed by atoms with Gasteiger partial charge in [0.05, 0.1) is 0 Å². The van der Waals surface area contributed by atoms with E-state index in [9.17, 15) is 28.8 Å². The van der Waals surface area contributed by atoms with E-state index in [1.165, 1.54) is 21.6 Å². The van der Waals surface area contributed by atoms with Crippen molar-refractivity contribution in [1.29, 1.82) is 0 Å². The molecule has 0 saturated carbocycles. The first-order valence-electron chi connectivity index (χ1n) is 19.1. The number of hydrogen-bond acceptors (Lipinski definition) is 14. The Kier molecular flexibility index (Phi) is 20.6. The van der Waals surface area contributed by atoms with Gasteiger partial charge >= 0.3 is 36.1 Å². The number of rotatable bonds is 17. The van der Waals surface area contributed by atoms with Crippen LogP contribution < -0.4 is 10.6 Å². The summed E-state index contributed by atoms with van der Waals surface area (Å²) in [7, 11) is 2.76. The fourth-order valence-electron chi connectivity index (χ4n) is 4.49. The van der Waals surface area contributed by atoms with E-state index in [0.29, 0.717) is 11.5 Å². The van der Waals surface area contributed by atoms with Gasteiger partial charge in [-0.1, -0.05) is 21.6 Å². The highest BCUT2D eigenvalue weighted by Crippen LogP contribution is 2.29. The van der Waals surface area contributed by atoms with Crippen LogP contribution in [0.2, 0.25) is 0 Å². The molecule has 14 nitrogen and oxygen atoms in total. The Bertz CT molecular complexity index is 1160. The number of ether oxygens (including phenoxy) is 6. The molecule has 0 fully saturated rings. The number of carbonyl (C=O) groups is 6. The van der Waals surface area contributed by atoms with Crippen molar-refractivity contribution in [3.05, 3.63) is 0 Å². The lowest BCUT2D eigenvalue weighted by Gasteiger charge is -2.28. The normalized spacial score (nSPS) is 14.0. The van der Waals surface area contributed by atoms with Gasteiger partial charge < -0.3 is 39.1 Å². The van der Waals surface area contributed by atoms with E-state index in [1.807, 2.05) is 0 Å². The Morgan fingerprint density at radius 2 is 0.589 bits per heavy atom. The van der Waals surface area contributed by atoms with Gasteiger partial charge in [0.2, 0.25) is 0 Å². The van der Waals surface area contributed by atoms with Crippen LogP contribution in [0, 0.1) is 11.8 Å². The molecule has 0 aliphatic carbocycles. The minimum atomic E-state index is -1.24. The standard InChI is InChI=1S/C40H72N2O12S2/c1-35(2,3)49-29(43)27(30(44)50-36(4,5)6)21-19-25(41-33(47)53-39(13,14)15)23-55-56-24-26(42-34(48)54-40(16,17)18)20-22-28(31(45)51-37(7,8)9)32(46)52-38(10,11)12/h25-28H,19-24H2,1-18H3,(H,41,47)(H,42,48). The van der Waals surface area contributed by atoms with Crippen molar-refractivity contribution in [2.45, 2.75) is 196 Å².